The monoisotopic (exact) mass is 320 g/mol. The van der Waals surface area contributed by atoms with Gasteiger partial charge in [0.1, 0.15) is 0 Å². The number of benzene rings is 1. The molecule has 5 nitrogen and oxygen atoms in total. The lowest BCUT2D eigenvalue weighted by Gasteiger charge is -2.24. The average Bonchev–Trinajstić information content (AvgIpc) is 2.55. The van der Waals surface area contributed by atoms with E-state index in [-0.39, 0.29) is 6.61 Å². The summed E-state index contributed by atoms with van der Waals surface area (Å²) in [6.07, 6.45) is 3.11. The van der Waals surface area contributed by atoms with Crippen molar-refractivity contribution in [2.24, 2.45) is 0 Å². The molecule has 2 atom stereocenters. The average molecular weight is 320 g/mol. The highest BCUT2D eigenvalue weighted by atomic mass is 31.2. The third kappa shape index (κ3) is 3.38. The Kier molecular flexibility index (Phi) is 5.35. The number of anilines is 1. The number of hydrogen-bond acceptors (Lipinski definition) is 5. The molecule has 0 spiro atoms. The molecule has 0 aliphatic heterocycles. The molecule has 1 N–H and O–H groups in total. The minimum absolute atomic E-state index is 0.254. The summed E-state index contributed by atoms with van der Waals surface area (Å²) >= 11 is 0. The maximum atomic E-state index is 13.3. The minimum atomic E-state index is -3.44. The molecule has 0 fully saturated rings. The molecule has 22 heavy (non-hydrogen) atoms. The molecule has 1 aromatic heterocycles. The Morgan fingerprint density at radius 3 is 2.45 bits per heavy atom. The van der Waals surface area contributed by atoms with Crippen molar-refractivity contribution in [3.8, 4) is 0 Å². The first-order valence-electron chi connectivity index (χ1n) is 7.09. The molecule has 0 aliphatic carbocycles. The van der Waals surface area contributed by atoms with Gasteiger partial charge in [-0.3, -0.25) is 9.55 Å². The summed E-state index contributed by atoms with van der Waals surface area (Å²) in [5, 5.41) is 11.1. The molecule has 0 aliphatic rings. The van der Waals surface area contributed by atoms with Gasteiger partial charge in [0.25, 0.3) is 7.37 Å². The summed E-state index contributed by atoms with van der Waals surface area (Å²) in [5.74, 6) is -1.23. The summed E-state index contributed by atoms with van der Waals surface area (Å²) in [4.78, 5) is 5.92. The van der Waals surface area contributed by atoms with E-state index in [2.05, 4.69) is 4.98 Å². The van der Waals surface area contributed by atoms with E-state index < -0.39 is 13.2 Å². The van der Waals surface area contributed by atoms with Crippen LogP contribution in [0.15, 0.2) is 48.8 Å². The summed E-state index contributed by atoms with van der Waals surface area (Å²) in [6.45, 7) is 2.01. The first kappa shape index (κ1) is 16.7. The van der Waals surface area contributed by atoms with Crippen LogP contribution in [0.25, 0.3) is 0 Å². The van der Waals surface area contributed by atoms with E-state index in [9.17, 15) is 9.67 Å². The molecule has 2 rings (SSSR count). The number of rotatable bonds is 6. The van der Waals surface area contributed by atoms with Gasteiger partial charge in [-0.1, -0.05) is 6.07 Å². The maximum absolute atomic E-state index is 13.3. The van der Waals surface area contributed by atoms with Gasteiger partial charge in [0.05, 0.1) is 6.61 Å². The van der Waals surface area contributed by atoms with Gasteiger partial charge in [-0.05, 0) is 37.3 Å². The van der Waals surface area contributed by atoms with Gasteiger partial charge in [0, 0.05) is 43.0 Å². The van der Waals surface area contributed by atoms with Crippen molar-refractivity contribution in [3.05, 3.63) is 54.4 Å². The van der Waals surface area contributed by atoms with Crippen molar-refractivity contribution >= 4 is 18.4 Å². The molecule has 0 amide bonds. The Balaban J connectivity index is 2.41. The normalized spacial score (nSPS) is 15.1. The Bertz CT molecular complexity index is 644. The van der Waals surface area contributed by atoms with Gasteiger partial charge in [-0.25, -0.2) is 0 Å². The van der Waals surface area contributed by atoms with Crippen molar-refractivity contribution in [3.63, 3.8) is 0 Å². The van der Waals surface area contributed by atoms with Crippen LogP contribution in [0.5, 0.6) is 0 Å². The number of aliphatic hydroxyl groups excluding tert-OH is 1. The van der Waals surface area contributed by atoms with Crippen LogP contribution in [-0.2, 0) is 9.09 Å². The molecular weight excluding hydrogens is 299 g/mol. The second-order valence-electron chi connectivity index (χ2n) is 5.09. The van der Waals surface area contributed by atoms with Crippen LogP contribution >= 0.6 is 7.37 Å². The number of pyridine rings is 1. The highest BCUT2D eigenvalue weighted by molar-refractivity contribution is 7.67. The van der Waals surface area contributed by atoms with Gasteiger partial charge >= 0.3 is 0 Å². The molecule has 0 unspecified atom stereocenters. The lowest BCUT2D eigenvalue weighted by molar-refractivity contribution is 0.218. The van der Waals surface area contributed by atoms with E-state index >= 15 is 0 Å². The lowest BCUT2D eigenvalue weighted by Crippen LogP contribution is -2.16. The highest BCUT2D eigenvalue weighted by Crippen LogP contribution is 2.57. The Morgan fingerprint density at radius 2 is 1.95 bits per heavy atom. The predicted octanol–water partition coefficient (Wildman–Crippen LogP) is 2.78. The summed E-state index contributed by atoms with van der Waals surface area (Å²) in [7, 11) is 0.427. The molecular formula is C16H21N2O3P. The minimum Gasteiger partial charge on any atom is -0.378 e. The van der Waals surface area contributed by atoms with Crippen LogP contribution in [0.3, 0.4) is 0 Å². The number of aliphatic hydroxyl groups is 1. The van der Waals surface area contributed by atoms with E-state index in [1.165, 1.54) is 6.20 Å². The van der Waals surface area contributed by atoms with Crippen LogP contribution in [-0.4, -0.2) is 30.8 Å². The third-order valence-corrected chi connectivity index (χ3v) is 5.95. The van der Waals surface area contributed by atoms with Gasteiger partial charge < -0.3 is 14.5 Å². The van der Waals surface area contributed by atoms with Crippen molar-refractivity contribution < 1.29 is 14.2 Å². The fourth-order valence-corrected chi connectivity index (χ4v) is 4.23. The molecule has 0 saturated heterocycles. The lowest BCUT2D eigenvalue weighted by atomic mass is 10.3. The number of aromatic nitrogens is 1. The predicted molar refractivity (Wildman–Crippen MR) is 88.8 cm³/mol. The zero-order chi connectivity index (χ0) is 16.2. The topological polar surface area (TPSA) is 62.7 Å². The quantitative estimate of drug-likeness (QED) is 0.829. The van der Waals surface area contributed by atoms with Gasteiger partial charge in [-0.15, -0.1) is 0 Å². The maximum Gasteiger partial charge on any atom is 0.264 e. The first-order chi connectivity index (χ1) is 10.5. The molecule has 0 bridgehead atoms. The van der Waals surface area contributed by atoms with Crippen LogP contribution < -0.4 is 10.2 Å². The smallest absolute Gasteiger partial charge is 0.264 e. The van der Waals surface area contributed by atoms with Crippen LogP contribution in [0.2, 0.25) is 0 Å². The molecule has 0 saturated carbocycles. The zero-order valence-electron chi connectivity index (χ0n) is 13.0. The number of hydrogen-bond donors (Lipinski definition) is 1. The molecule has 1 aromatic carbocycles. The Labute approximate surface area is 131 Å². The van der Waals surface area contributed by atoms with E-state index in [0.29, 0.717) is 10.9 Å². The molecule has 1 heterocycles. The van der Waals surface area contributed by atoms with E-state index in [0.717, 1.165) is 5.69 Å². The molecule has 118 valence electrons. The second kappa shape index (κ2) is 7.05. The van der Waals surface area contributed by atoms with E-state index in [1.54, 1.807) is 37.4 Å². The summed E-state index contributed by atoms with van der Waals surface area (Å²) < 4.78 is 18.8. The van der Waals surface area contributed by atoms with Crippen molar-refractivity contribution in [2.45, 2.75) is 12.8 Å². The van der Waals surface area contributed by atoms with Crippen LogP contribution in [0, 0.1) is 0 Å². The Morgan fingerprint density at radius 1 is 1.27 bits per heavy atom. The molecule has 0 radical (unpaired) electrons. The number of nitrogens with zero attached hydrogens (tertiary/aromatic N) is 2. The van der Waals surface area contributed by atoms with E-state index in [4.69, 9.17) is 4.52 Å². The standard InChI is InChI=1S/C16H21N2O3P/c1-4-21-22(20,16(19)13-6-5-11-17-12-13)15-9-7-14(8-10-15)18(2)3/h5-12,16,19H,4H2,1-3H3/t16-,22-/m0/s1. The highest BCUT2D eigenvalue weighted by Gasteiger charge is 2.36. The van der Waals surface area contributed by atoms with Gasteiger partial charge in [0.2, 0.25) is 0 Å². The SMILES string of the molecule is CCO[P@@](=O)(c1ccc(N(C)C)cc1)[C@H](O)c1cccnc1. The van der Waals surface area contributed by atoms with Crippen LogP contribution in [0.1, 0.15) is 18.3 Å². The second-order valence-corrected chi connectivity index (χ2v) is 7.54. The summed E-state index contributed by atoms with van der Waals surface area (Å²) in [5.41, 5.74) is 1.47. The largest absolute Gasteiger partial charge is 0.378 e. The van der Waals surface area contributed by atoms with Crippen molar-refractivity contribution in [2.75, 3.05) is 25.6 Å². The van der Waals surface area contributed by atoms with Crippen molar-refractivity contribution in [1.29, 1.82) is 0 Å². The third-order valence-electron chi connectivity index (χ3n) is 3.35. The fourth-order valence-electron chi connectivity index (χ4n) is 2.16. The zero-order valence-corrected chi connectivity index (χ0v) is 13.9. The Hall–Kier alpha value is -1.68. The van der Waals surface area contributed by atoms with Gasteiger partial charge in [-0.2, -0.15) is 0 Å². The van der Waals surface area contributed by atoms with Crippen LogP contribution in [0.4, 0.5) is 5.69 Å². The van der Waals surface area contributed by atoms with Gasteiger partial charge in [0.15, 0.2) is 5.85 Å². The molecule has 2 aromatic rings. The fraction of sp³-hybridized carbons (Fsp3) is 0.312. The first-order valence-corrected chi connectivity index (χ1v) is 8.78. The summed E-state index contributed by atoms with van der Waals surface area (Å²) in [6, 6.07) is 10.6. The van der Waals surface area contributed by atoms with Crippen molar-refractivity contribution in [1.82, 2.24) is 4.98 Å². The van der Waals surface area contributed by atoms with E-state index in [1.807, 2.05) is 31.1 Å². The molecule has 6 heteroatoms.